The van der Waals surface area contributed by atoms with Crippen LogP contribution in [0.1, 0.15) is 51.9 Å². The Morgan fingerprint density at radius 3 is 2.68 bits per heavy atom. The number of carbonyl (C=O) groups is 1. The first kappa shape index (κ1) is 16.4. The smallest absolute Gasteiger partial charge is 0.322 e. The molecule has 0 aromatic carbocycles. The van der Waals surface area contributed by atoms with Gasteiger partial charge in [0.2, 0.25) is 0 Å². The van der Waals surface area contributed by atoms with Gasteiger partial charge in [0.05, 0.1) is 7.11 Å². The Morgan fingerprint density at radius 2 is 2.11 bits per heavy atom. The number of rotatable bonds is 9. The van der Waals surface area contributed by atoms with Crippen LogP contribution in [0.4, 0.5) is 0 Å². The number of hydrogen-bond donors (Lipinski definition) is 1. The first-order chi connectivity index (χ1) is 9.19. The molecule has 112 valence electrons. The molecule has 0 bridgehead atoms. The largest absolute Gasteiger partial charge is 0.468 e. The van der Waals surface area contributed by atoms with E-state index in [1.807, 2.05) is 0 Å². The molecule has 1 saturated carbocycles. The number of unbranched alkanes of at least 4 members (excludes halogenated alkanes) is 1. The van der Waals surface area contributed by atoms with Crippen LogP contribution < -0.4 is 5.32 Å². The van der Waals surface area contributed by atoms with Crippen LogP contribution in [0, 0.1) is 0 Å². The highest BCUT2D eigenvalue weighted by Gasteiger charge is 2.21. The van der Waals surface area contributed by atoms with Crippen LogP contribution in [0.15, 0.2) is 0 Å². The van der Waals surface area contributed by atoms with Crippen molar-refractivity contribution in [3.8, 4) is 0 Å². The van der Waals surface area contributed by atoms with E-state index in [2.05, 4.69) is 24.2 Å². The highest BCUT2D eigenvalue weighted by molar-refractivity contribution is 5.75. The molecule has 0 heterocycles. The average Bonchev–Trinajstić information content (AvgIpc) is 2.95. The minimum atomic E-state index is -0.137. The number of esters is 1. The molecule has 4 nitrogen and oxygen atoms in total. The first-order valence-electron chi connectivity index (χ1n) is 7.70. The van der Waals surface area contributed by atoms with E-state index in [0.717, 1.165) is 38.4 Å². The van der Waals surface area contributed by atoms with Gasteiger partial charge in [-0.25, -0.2) is 0 Å². The number of nitrogens with zero attached hydrogens (tertiary/aromatic N) is 1. The topological polar surface area (TPSA) is 41.6 Å². The number of hydrogen-bond acceptors (Lipinski definition) is 4. The number of likely N-dealkylation sites (N-methyl/N-ethyl adjacent to an activating group) is 1. The van der Waals surface area contributed by atoms with Crippen LogP contribution in [-0.4, -0.2) is 50.2 Å². The van der Waals surface area contributed by atoms with Gasteiger partial charge in [-0.05, 0) is 26.3 Å². The summed E-state index contributed by atoms with van der Waals surface area (Å²) in [5, 5.41) is 3.34. The molecule has 1 aliphatic carbocycles. The maximum atomic E-state index is 11.7. The van der Waals surface area contributed by atoms with E-state index in [1.165, 1.54) is 32.8 Å². The molecule has 1 rings (SSSR count). The van der Waals surface area contributed by atoms with Crippen molar-refractivity contribution in [2.24, 2.45) is 0 Å². The third kappa shape index (κ3) is 5.91. The molecule has 0 radical (unpaired) electrons. The molecule has 1 fully saturated rings. The summed E-state index contributed by atoms with van der Waals surface area (Å²) >= 11 is 0. The normalized spacial score (nSPS) is 17.9. The highest BCUT2D eigenvalue weighted by atomic mass is 16.5. The van der Waals surface area contributed by atoms with Crippen LogP contribution in [0.3, 0.4) is 0 Å². The summed E-state index contributed by atoms with van der Waals surface area (Å²) in [5.41, 5.74) is 0. The average molecular weight is 270 g/mol. The number of carbonyl (C=O) groups excluding carboxylic acids is 1. The van der Waals surface area contributed by atoms with Crippen molar-refractivity contribution >= 4 is 5.97 Å². The Hall–Kier alpha value is -0.610. The summed E-state index contributed by atoms with van der Waals surface area (Å²) in [6.45, 7) is 4.00. The summed E-state index contributed by atoms with van der Waals surface area (Å²) < 4.78 is 4.85. The molecule has 19 heavy (non-hydrogen) atoms. The predicted molar refractivity (Wildman–Crippen MR) is 78.2 cm³/mol. The van der Waals surface area contributed by atoms with E-state index in [0.29, 0.717) is 0 Å². The van der Waals surface area contributed by atoms with Gasteiger partial charge in [-0.15, -0.1) is 0 Å². The third-order valence-corrected chi connectivity index (χ3v) is 4.14. The number of methoxy groups -OCH3 is 1. The van der Waals surface area contributed by atoms with Gasteiger partial charge >= 0.3 is 5.97 Å². The minimum Gasteiger partial charge on any atom is -0.468 e. The minimum absolute atomic E-state index is 0.128. The Kier molecular flexibility index (Phi) is 8.07. The van der Waals surface area contributed by atoms with Crippen LogP contribution in [-0.2, 0) is 9.53 Å². The molecular formula is C15H30N2O2. The predicted octanol–water partition coefficient (Wildman–Crippen LogP) is 2.18. The summed E-state index contributed by atoms with van der Waals surface area (Å²) in [4.78, 5) is 14.1. The van der Waals surface area contributed by atoms with Crippen LogP contribution in [0.5, 0.6) is 0 Å². The van der Waals surface area contributed by atoms with Crippen molar-refractivity contribution in [3.63, 3.8) is 0 Å². The second-order valence-electron chi connectivity index (χ2n) is 5.59. The van der Waals surface area contributed by atoms with Crippen LogP contribution in [0.2, 0.25) is 0 Å². The second kappa shape index (κ2) is 9.32. The van der Waals surface area contributed by atoms with E-state index >= 15 is 0 Å². The van der Waals surface area contributed by atoms with Crippen molar-refractivity contribution < 1.29 is 9.53 Å². The van der Waals surface area contributed by atoms with Crippen molar-refractivity contribution in [2.75, 3.05) is 27.2 Å². The Labute approximate surface area is 117 Å². The van der Waals surface area contributed by atoms with Gasteiger partial charge in [0.1, 0.15) is 6.04 Å². The van der Waals surface area contributed by atoms with Gasteiger partial charge in [-0.3, -0.25) is 4.79 Å². The molecule has 1 N–H and O–H groups in total. The van der Waals surface area contributed by atoms with Crippen molar-refractivity contribution in [2.45, 2.75) is 64.0 Å². The number of ether oxygens (including phenoxy) is 1. The van der Waals surface area contributed by atoms with E-state index in [9.17, 15) is 4.79 Å². The zero-order valence-corrected chi connectivity index (χ0v) is 12.8. The van der Waals surface area contributed by atoms with E-state index < -0.39 is 0 Å². The Morgan fingerprint density at radius 1 is 1.42 bits per heavy atom. The molecule has 1 aliphatic rings. The molecule has 0 saturated heterocycles. The first-order valence-corrected chi connectivity index (χ1v) is 7.70. The standard InChI is InChI=1S/C15H30N2O2/c1-4-5-10-14(15(18)19-3)16-11-12-17(2)13-8-6-7-9-13/h13-14,16H,4-12H2,1-3H3. The fourth-order valence-corrected chi connectivity index (χ4v) is 2.80. The summed E-state index contributed by atoms with van der Waals surface area (Å²) in [6, 6.07) is 0.607. The summed E-state index contributed by atoms with van der Waals surface area (Å²) in [6.07, 6.45) is 8.42. The van der Waals surface area contributed by atoms with E-state index in [-0.39, 0.29) is 12.0 Å². The molecule has 0 aliphatic heterocycles. The fraction of sp³-hybridized carbons (Fsp3) is 0.933. The molecular weight excluding hydrogens is 240 g/mol. The third-order valence-electron chi connectivity index (χ3n) is 4.14. The molecule has 0 aromatic heterocycles. The maximum Gasteiger partial charge on any atom is 0.322 e. The molecule has 1 atom stereocenters. The summed E-state index contributed by atoms with van der Waals surface area (Å²) in [7, 11) is 3.66. The lowest BCUT2D eigenvalue weighted by atomic mass is 10.1. The van der Waals surface area contributed by atoms with Gasteiger partial charge in [-0.1, -0.05) is 32.6 Å². The Balaban J connectivity index is 2.24. The van der Waals surface area contributed by atoms with Gasteiger partial charge in [0.25, 0.3) is 0 Å². The molecule has 4 heteroatoms. The zero-order valence-electron chi connectivity index (χ0n) is 12.8. The monoisotopic (exact) mass is 270 g/mol. The lowest BCUT2D eigenvalue weighted by Gasteiger charge is -2.25. The lowest BCUT2D eigenvalue weighted by molar-refractivity contribution is -0.143. The molecule has 1 unspecified atom stereocenters. The van der Waals surface area contributed by atoms with Crippen molar-refractivity contribution in [1.82, 2.24) is 10.2 Å². The van der Waals surface area contributed by atoms with Crippen molar-refractivity contribution in [1.29, 1.82) is 0 Å². The van der Waals surface area contributed by atoms with Gasteiger partial charge < -0.3 is 15.0 Å². The Bertz CT molecular complexity index is 253. The SMILES string of the molecule is CCCCC(NCCN(C)C1CCCC1)C(=O)OC. The molecule has 0 aromatic rings. The van der Waals surface area contributed by atoms with Gasteiger partial charge in [0.15, 0.2) is 0 Å². The van der Waals surface area contributed by atoms with Crippen LogP contribution in [0.25, 0.3) is 0 Å². The highest BCUT2D eigenvalue weighted by Crippen LogP contribution is 2.21. The van der Waals surface area contributed by atoms with E-state index in [4.69, 9.17) is 4.74 Å². The van der Waals surface area contributed by atoms with Crippen LogP contribution >= 0.6 is 0 Å². The van der Waals surface area contributed by atoms with Gasteiger partial charge in [-0.2, -0.15) is 0 Å². The quantitative estimate of drug-likeness (QED) is 0.652. The summed E-state index contributed by atoms with van der Waals surface area (Å²) in [5.74, 6) is -0.128. The maximum absolute atomic E-state index is 11.7. The fourth-order valence-electron chi connectivity index (χ4n) is 2.80. The zero-order chi connectivity index (χ0) is 14.1. The molecule has 0 amide bonds. The molecule has 0 spiro atoms. The van der Waals surface area contributed by atoms with Crippen molar-refractivity contribution in [3.05, 3.63) is 0 Å². The van der Waals surface area contributed by atoms with E-state index in [1.54, 1.807) is 0 Å². The second-order valence-corrected chi connectivity index (χ2v) is 5.59. The lowest BCUT2D eigenvalue weighted by Crippen LogP contribution is -2.42. The van der Waals surface area contributed by atoms with Gasteiger partial charge in [0, 0.05) is 19.1 Å². The number of nitrogens with one attached hydrogen (secondary N) is 1.